The quantitative estimate of drug-likeness (QED) is 0.504. The van der Waals surface area contributed by atoms with E-state index in [1.54, 1.807) is 13.0 Å². The molecule has 2 aliphatic rings. The molecule has 0 radical (unpaired) electrons. The van der Waals surface area contributed by atoms with Crippen molar-refractivity contribution in [1.82, 2.24) is 20.4 Å². The summed E-state index contributed by atoms with van der Waals surface area (Å²) in [6.45, 7) is 4.19. The SMILES string of the molecule is Cc1noc(-c2ccccc2OCC(=O)N2CCC3(CCCCc4ccccc4OCCCC(=O)NC3)CC2)n1. The van der Waals surface area contributed by atoms with Crippen LogP contribution in [0, 0.1) is 12.3 Å². The van der Waals surface area contributed by atoms with E-state index in [0.717, 1.165) is 44.3 Å². The maximum Gasteiger partial charge on any atom is 0.261 e. The summed E-state index contributed by atoms with van der Waals surface area (Å²) >= 11 is 0. The Hall–Kier alpha value is -3.88. The zero-order valence-electron chi connectivity index (χ0n) is 23.2. The first kappa shape index (κ1) is 27.7. The van der Waals surface area contributed by atoms with Gasteiger partial charge in [0.05, 0.1) is 12.2 Å². The molecule has 212 valence electrons. The van der Waals surface area contributed by atoms with Gasteiger partial charge in [-0.3, -0.25) is 9.59 Å². The highest BCUT2D eigenvalue weighted by atomic mass is 16.5. The van der Waals surface area contributed by atoms with Gasteiger partial charge in [0.25, 0.3) is 11.8 Å². The highest BCUT2D eigenvalue weighted by Gasteiger charge is 2.36. The molecule has 2 amide bonds. The number of benzene rings is 2. The number of nitrogens with zero attached hydrogens (tertiary/aromatic N) is 3. The van der Waals surface area contributed by atoms with Crippen LogP contribution in [-0.4, -0.2) is 59.7 Å². The lowest BCUT2D eigenvalue weighted by Crippen LogP contribution is -2.49. The van der Waals surface area contributed by atoms with Gasteiger partial charge in [-0.15, -0.1) is 0 Å². The Morgan fingerprint density at radius 3 is 2.65 bits per heavy atom. The molecule has 1 fully saturated rings. The molecule has 0 saturated carbocycles. The van der Waals surface area contributed by atoms with Crippen molar-refractivity contribution in [1.29, 1.82) is 0 Å². The van der Waals surface area contributed by atoms with Crippen LogP contribution in [0.4, 0.5) is 0 Å². The Kier molecular flexibility index (Phi) is 8.98. The van der Waals surface area contributed by atoms with Crippen molar-refractivity contribution in [3.8, 4) is 23.0 Å². The molecule has 2 aliphatic heterocycles. The number of rotatable bonds is 4. The molecule has 1 N–H and O–H groups in total. The first-order valence-electron chi connectivity index (χ1n) is 14.3. The Labute approximate surface area is 235 Å². The molecule has 9 nitrogen and oxygen atoms in total. The third-order valence-corrected chi connectivity index (χ3v) is 8.02. The van der Waals surface area contributed by atoms with Crippen molar-refractivity contribution in [2.24, 2.45) is 5.41 Å². The van der Waals surface area contributed by atoms with E-state index < -0.39 is 0 Å². The number of carbonyl (C=O) groups is 2. The van der Waals surface area contributed by atoms with Crippen LogP contribution in [0.5, 0.6) is 11.5 Å². The van der Waals surface area contributed by atoms with Crippen molar-refractivity contribution in [3.05, 3.63) is 59.9 Å². The molecule has 1 saturated heterocycles. The van der Waals surface area contributed by atoms with Gasteiger partial charge < -0.3 is 24.2 Å². The highest BCUT2D eigenvalue weighted by Crippen LogP contribution is 2.37. The number of carbonyl (C=O) groups excluding carboxylic acids is 2. The molecule has 0 atom stereocenters. The third kappa shape index (κ3) is 7.00. The van der Waals surface area contributed by atoms with Crippen LogP contribution >= 0.6 is 0 Å². The van der Waals surface area contributed by atoms with Crippen LogP contribution in [0.15, 0.2) is 53.1 Å². The number of ether oxygens (including phenoxy) is 2. The first-order valence-corrected chi connectivity index (χ1v) is 14.3. The van der Waals surface area contributed by atoms with E-state index in [2.05, 4.69) is 27.6 Å². The Morgan fingerprint density at radius 2 is 1.82 bits per heavy atom. The number of amides is 2. The molecule has 3 heterocycles. The van der Waals surface area contributed by atoms with Crippen molar-refractivity contribution in [2.45, 2.75) is 58.3 Å². The minimum Gasteiger partial charge on any atom is -0.493 e. The number of hydrogen-bond acceptors (Lipinski definition) is 7. The molecule has 5 rings (SSSR count). The second-order valence-corrected chi connectivity index (χ2v) is 10.9. The lowest BCUT2D eigenvalue weighted by molar-refractivity contribution is -0.136. The molecule has 0 aliphatic carbocycles. The Bertz CT molecular complexity index is 1300. The smallest absolute Gasteiger partial charge is 0.261 e. The van der Waals surface area contributed by atoms with Gasteiger partial charge in [-0.05, 0) is 74.6 Å². The maximum atomic E-state index is 13.1. The lowest BCUT2D eigenvalue weighted by atomic mass is 9.74. The molecule has 0 unspecified atom stereocenters. The summed E-state index contributed by atoms with van der Waals surface area (Å²) in [6, 6.07) is 15.6. The molecular weight excluding hydrogens is 508 g/mol. The molecule has 1 spiro atoms. The van der Waals surface area contributed by atoms with Gasteiger partial charge in [0.1, 0.15) is 11.5 Å². The van der Waals surface area contributed by atoms with Crippen molar-refractivity contribution < 1.29 is 23.6 Å². The minimum atomic E-state index is -0.0602. The monoisotopic (exact) mass is 546 g/mol. The topological polar surface area (TPSA) is 107 Å². The Morgan fingerprint density at radius 1 is 1.02 bits per heavy atom. The molecular formula is C31H38N4O5. The molecule has 0 bridgehead atoms. The summed E-state index contributed by atoms with van der Waals surface area (Å²) in [6.07, 6.45) is 6.97. The van der Waals surface area contributed by atoms with E-state index in [9.17, 15) is 9.59 Å². The third-order valence-electron chi connectivity index (χ3n) is 8.02. The van der Waals surface area contributed by atoms with Crippen LogP contribution < -0.4 is 14.8 Å². The Balaban J connectivity index is 1.17. The summed E-state index contributed by atoms with van der Waals surface area (Å²) in [5.74, 6) is 2.39. The molecule has 40 heavy (non-hydrogen) atoms. The van der Waals surface area contributed by atoms with Crippen LogP contribution in [0.1, 0.15) is 56.3 Å². The van der Waals surface area contributed by atoms with Gasteiger partial charge in [0.15, 0.2) is 12.4 Å². The van der Waals surface area contributed by atoms with Gasteiger partial charge >= 0.3 is 0 Å². The number of para-hydroxylation sites is 2. The van der Waals surface area contributed by atoms with Crippen molar-refractivity contribution >= 4 is 11.8 Å². The average Bonchev–Trinajstić information content (AvgIpc) is 3.42. The van der Waals surface area contributed by atoms with Crippen molar-refractivity contribution in [3.63, 3.8) is 0 Å². The molecule has 3 aromatic rings. The summed E-state index contributed by atoms with van der Waals surface area (Å²) in [7, 11) is 0. The summed E-state index contributed by atoms with van der Waals surface area (Å²) in [4.78, 5) is 31.9. The van der Waals surface area contributed by atoms with E-state index in [0.29, 0.717) is 62.1 Å². The zero-order valence-corrected chi connectivity index (χ0v) is 23.2. The number of nitrogens with one attached hydrogen (secondary N) is 1. The van der Waals surface area contributed by atoms with Gasteiger partial charge in [-0.25, -0.2) is 0 Å². The van der Waals surface area contributed by atoms with Crippen LogP contribution in [0.3, 0.4) is 0 Å². The first-order chi connectivity index (χ1) is 19.5. The van der Waals surface area contributed by atoms with Crippen LogP contribution in [0.25, 0.3) is 11.5 Å². The number of hydrogen-bond donors (Lipinski definition) is 1. The second kappa shape index (κ2) is 13.0. The van der Waals surface area contributed by atoms with Crippen LogP contribution in [-0.2, 0) is 16.0 Å². The largest absolute Gasteiger partial charge is 0.493 e. The normalized spacial score (nSPS) is 18.2. The fourth-order valence-corrected chi connectivity index (χ4v) is 5.61. The highest BCUT2D eigenvalue weighted by molar-refractivity contribution is 5.78. The standard InChI is InChI=1S/C31H38N4O5/c1-23-33-30(40-34-23)25-11-3-5-13-27(25)39-21-29(37)35-18-16-31(17-19-35)15-7-6-10-24-9-2-4-12-26(24)38-20-8-14-28(36)32-22-31/h2-5,9,11-13H,6-8,10,14-22H2,1H3,(H,32,36). The lowest BCUT2D eigenvalue weighted by Gasteiger charge is -2.42. The predicted octanol–water partition coefficient (Wildman–Crippen LogP) is 4.73. The van der Waals surface area contributed by atoms with Crippen molar-refractivity contribution in [2.75, 3.05) is 32.8 Å². The number of aryl methyl sites for hydroxylation is 2. The molecule has 1 aromatic heterocycles. The summed E-state index contributed by atoms with van der Waals surface area (Å²) < 4.78 is 17.2. The minimum absolute atomic E-state index is 0.00412. The van der Waals surface area contributed by atoms with Gasteiger partial charge in [0, 0.05) is 26.1 Å². The zero-order chi connectivity index (χ0) is 27.8. The molecule has 2 aromatic carbocycles. The summed E-state index contributed by atoms with van der Waals surface area (Å²) in [5, 5.41) is 7.04. The van der Waals surface area contributed by atoms with E-state index in [1.807, 2.05) is 35.2 Å². The number of piperidine rings is 1. The van der Waals surface area contributed by atoms with Gasteiger partial charge in [0.2, 0.25) is 5.91 Å². The maximum absolute atomic E-state index is 13.1. The fraction of sp³-hybridized carbons (Fsp3) is 0.484. The van der Waals surface area contributed by atoms with E-state index in [1.165, 1.54) is 5.56 Å². The van der Waals surface area contributed by atoms with E-state index >= 15 is 0 Å². The van der Waals surface area contributed by atoms with Gasteiger partial charge in [-0.2, -0.15) is 4.98 Å². The van der Waals surface area contributed by atoms with E-state index in [4.69, 9.17) is 14.0 Å². The fourth-order valence-electron chi connectivity index (χ4n) is 5.61. The van der Waals surface area contributed by atoms with E-state index in [-0.39, 0.29) is 23.8 Å². The number of likely N-dealkylation sites (tertiary alicyclic amines) is 1. The number of aromatic nitrogens is 2. The number of fused-ring (bicyclic) bond motifs is 1. The summed E-state index contributed by atoms with van der Waals surface area (Å²) in [5.41, 5.74) is 1.89. The van der Waals surface area contributed by atoms with Gasteiger partial charge in [-0.1, -0.05) is 41.9 Å². The second-order valence-electron chi connectivity index (χ2n) is 10.9. The predicted molar refractivity (Wildman–Crippen MR) is 150 cm³/mol. The average molecular weight is 547 g/mol. The molecule has 9 heteroatoms. The van der Waals surface area contributed by atoms with Crippen LogP contribution in [0.2, 0.25) is 0 Å².